The highest BCUT2D eigenvalue weighted by Crippen LogP contribution is 2.11. The molecule has 0 aliphatic carbocycles. The van der Waals surface area contributed by atoms with E-state index in [0.29, 0.717) is 6.04 Å². The minimum atomic E-state index is 0.685. The zero-order valence-corrected chi connectivity index (χ0v) is 8.08. The van der Waals surface area contributed by atoms with Crippen LogP contribution < -0.4 is 5.32 Å². The van der Waals surface area contributed by atoms with Crippen LogP contribution in [0, 0.1) is 0 Å². The van der Waals surface area contributed by atoms with Crippen molar-refractivity contribution >= 4 is 0 Å². The second kappa shape index (κ2) is 3.32. The molecule has 0 aromatic carbocycles. The third-order valence-electron chi connectivity index (χ3n) is 3.02. The topological polar surface area (TPSA) is 18.5 Å². The average Bonchev–Trinajstić information content (AvgIpc) is 2.05. The standard InChI is InChI=1S/C9H19N3/c1-8-6-12-4-3-11(2)7-9(12)5-10-8/h8-10H,3-7H2,1-2H3/t8-,9?/m1/s1. The molecule has 3 nitrogen and oxygen atoms in total. The molecule has 0 bridgehead atoms. The highest BCUT2D eigenvalue weighted by atomic mass is 15.3. The Balaban J connectivity index is 1.94. The lowest BCUT2D eigenvalue weighted by Crippen LogP contribution is -2.62. The Morgan fingerprint density at radius 3 is 2.92 bits per heavy atom. The first-order chi connectivity index (χ1) is 5.75. The summed E-state index contributed by atoms with van der Waals surface area (Å²) in [5.74, 6) is 0. The van der Waals surface area contributed by atoms with Gasteiger partial charge >= 0.3 is 0 Å². The molecule has 2 heterocycles. The van der Waals surface area contributed by atoms with E-state index >= 15 is 0 Å². The number of nitrogens with one attached hydrogen (secondary N) is 1. The summed E-state index contributed by atoms with van der Waals surface area (Å²) in [4.78, 5) is 5.06. The minimum Gasteiger partial charge on any atom is -0.311 e. The smallest absolute Gasteiger partial charge is 0.0349 e. The molecule has 0 radical (unpaired) electrons. The third-order valence-corrected chi connectivity index (χ3v) is 3.02. The van der Waals surface area contributed by atoms with E-state index in [1.165, 1.54) is 32.7 Å². The first kappa shape index (κ1) is 8.48. The molecule has 0 amide bonds. The fourth-order valence-corrected chi connectivity index (χ4v) is 2.24. The van der Waals surface area contributed by atoms with E-state index in [4.69, 9.17) is 0 Å². The number of hydrogen-bond donors (Lipinski definition) is 1. The maximum Gasteiger partial charge on any atom is 0.0349 e. The molecule has 12 heavy (non-hydrogen) atoms. The number of nitrogens with zero attached hydrogens (tertiary/aromatic N) is 2. The van der Waals surface area contributed by atoms with E-state index in [0.717, 1.165) is 6.04 Å². The Bertz CT molecular complexity index is 142. The van der Waals surface area contributed by atoms with Crippen LogP contribution in [0.4, 0.5) is 0 Å². The van der Waals surface area contributed by atoms with Crippen molar-refractivity contribution in [1.82, 2.24) is 15.1 Å². The number of fused-ring (bicyclic) bond motifs is 1. The highest BCUT2D eigenvalue weighted by Gasteiger charge is 2.29. The molecular formula is C9H19N3. The van der Waals surface area contributed by atoms with E-state index in [1.54, 1.807) is 0 Å². The zero-order chi connectivity index (χ0) is 8.55. The van der Waals surface area contributed by atoms with E-state index in [-0.39, 0.29) is 0 Å². The summed E-state index contributed by atoms with van der Waals surface area (Å²) in [7, 11) is 2.22. The van der Waals surface area contributed by atoms with Gasteiger partial charge in [0.1, 0.15) is 0 Å². The van der Waals surface area contributed by atoms with Crippen LogP contribution in [0.5, 0.6) is 0 Å². The number of hydrogen-bond acceptors (Lipinski definition) is 3. The van der Waals surface area contributed by atoms with Crippen molar-refractivity contribution in [3.63, 3.8) is 0 Å². The van der Waals surface area contributed by atoms with Crippen molar-refractivity contribution in [3.05, 3.63) is 0 Å². The number of rotatable bonds is 0. The number of piperazine rings is 2. The lowest BCUT2D eigenvalue weighted by atomic mass is 10.1. The highest BCUT2D eigenvalue weighted by molar-refractivity contribution is 4.88. The van der Waals surface area contributed by atoms with Crippen molar-refractivity contribution in [2.45, 2.75) is 19.0 Å². The lowest BCUT2D eigenvalue weighted by Gasteiger charge is -2.45. The Kier molecular flexibility index (Phi) is 2.35. The second-order valence-electron chi connectivity index (χ2n) is 4.22. The largest absolute Gasteiger partial charge is 0.311 e. The molecule has 1 unspecified atom stereocenters. The average molecular weight is 169 g/mol. The van der Waals surface area contributed by atoms with Gasteiger partial charge in [0.25, 0.3) is 0 Å². The maximum atomic E-state index is 3.53. The normalized spacial score (nSPS) is 39.5. The maximum absolute atomic E-state index is 3.53. The number of likely N-dealkylation sites (N-methyl/N-ethyl adjacent to an activating group) is 1. The van der Waals surface area contributed by atoms with Crippen LogP contribution in [0.3, 0.4) is 0 Å². The molecule has 2 aliphatic rings. The van der Waals surface area contributed by atoms with Crippen LogP contribution in [0.1, 0.15) is 6.92 Å². The van der Waals surface area contributed by atoms with Crippen molar-refractivity contribution in [2.24, 2.45) is 0 Å². The fraction of sp³-hybridized carbons (Fsp3) is 1.00. The summed E-state index contributed by atoms with van der Waals surface area (Å²) in [5.41, 5.74) is 0. The molecule has 0 aromatic heterocycles. The van der Waals surface area contributed by atoms with Crippen LogP contribution in [-0.4, -0.2) is 61.7 Å². The van der Waals surface area contributed by atoms with Crippen molar-refractivity contribution < 1.29 is 0 Å². The quantitative estimate of drug-likeness (QED) is 0.532. The van der Waals surface area contributed by atoms with Crippen molar-refractivity contribution in [1.29, 1.82) is 0 Å². The summed E-state index contributed by atoms with van der Waals surface area (Å²) in [6.07, 6.45) is 0. The second-order valence-corrected chi connectivity index (χ2v) is 4.22. The molecule has 2 rings (SSSR count). The van der Waals surface area contributed by atoms with Gasteiger partial charge in [-0.25, -0.2) is 0 Å². The molecule has 3 heteroatoms. The van der Waals surface area contributed by atoms with Gasteiger partial charge in [-0.1, -0.05) is 0 Å². The molecule has 70 valence electrons. The van der Waals surface area contributed by atoms with Gasteiger partial charge in [-0.05, 0) is 14.0 Å². The lowest BCUT2D eigenvalue weighted by molar-refractivity contribution is 0.0571. The van der Waals surface area contributed by atoms with Crippen LogP contribution >= 0.6 is 0 Å². The molecule has 0 spiro atoms. The molecule has 0 saturated carbocycles. The minimum absolute atomic E-state index is 0.685. The Morgan fingerprint density at radius 1 is 1.25 bits per heavy atom. The molecule has 2 atom stereocenters. The van der Waals surface area contributed by atoms with Gasteiger partial charge in [-0.2, -0.15) is 0 Å². The monoisotopic (exact) mass is 169 g/mol. The third kappa shape index (κ3) is 1.63. The molecule has 2 saturated heterocycles. The van der Waals surface area contributed by atoms with Gasteiger partial charge in [-0.15, -0.1) is 0 Å². The Labute approximate surface area is 74.7 Å². The first-order valence-electron chi connectivity index (χ1n) is 4.91. The predicted octanol–water partition coefficient (Wildman–Crippen LogP) is -0.406. The zero-order valence-electron chi connectivity index (χ0n) is 8.08. The van der Waals surface area contributed by atoms with Gasteiger partial charge in [0, 0.05) is 44.8 Å². The summed E-state index contributed by atoms with van der Waals surface area (Å²) >= 11 is 0. The fourth-order valence-electron chi connectivity index (χ4n) is 2.24. The van der Waals surface area contributed by atoms with E-state index in [1.807, 2.05) is 0 Å². The SMILES string of the molecule is C[C@@H]1CN2CCN(C)CC2CN1. The Hall–Kier alpha value is -0.120. The molecule has 2 fully saturated rings. The van der Waals surface area contributed by atoms with Crippen molar-refractivity contribution in [2.75, 3.05) is 39.8 Å². The van der Waals surface area contributed by atoms with Gasteiger partial charge in [-0.3, -0.25) is 4.90 Å². The Morgan fingerprint density at radius 2 is 2.08 bits per heavy atom. The molecule has 2 aliphatic heterocycles. The van der Waals surface area contributed by atoms with Gasteiger partial charge in [0.2, 0.25) is 0 Å². The van der Waals surface area contributed by atoms with Crippen LogP contribution in [0.15, 0.2) is 0 Å². The van der Waals surface area contributed by atoms with E-state index in [9.17, 15) is 0 Å². The summed E-state index contributed by atoms with van der Waals surface area (Å²) in [5, 5.41) is 3.53. The van der Waals surface area contributed by atoms with Gasteiger partial charge in [0.05, 0.1) is 0 Å². The van der Waals surface area contributed by atoms with Gasteiger partial charge < -0.3 is 10.2 Å². The summed E-state index contributed by atoms with van der Waals surface area (Å²) < 4.78 is 0. The van der Waals surface area contributed by atoms with Crippen molar-refractivity contribution in [3.8, 4) is 0 Å². The summed E-state index contributed by atoms with van der Waals surface area (Å²) in [6.45, 7) is 8.41. The first-order valence-corrected chi connectivity index (χ1v) is 4.91. The predicted molar refractivity (Wildman–Crippen MR) is 50.3 cm³/mol. The summed E-state index contributed by atoms with van der Waals surface area (Å²) in [6, 6.07) is 1.45. The molecule has 0 aromatic rings. The molecular weight excluding hydrogens is 150 g/mol. The van der Waals surface area contributed by atoms with Gasteiger partial charge in [0.15, 0.2) is 0 Å². The van der Waals surface area contributed by atoms with Crippen LogP contribution in [0.2, 0.25) is 0 Å². The van der Waals surface area contributed by atoms with E-state index < -0.39 is 0 Å². The van der Waals surface area contributed by atoms with Crippen LogP contribution in [-0.2, 0) is 0 Å². The van der Waals surface area contributed by atoms with Crippen LogP contribution in [0.25, 0.3) is 0 Å². The van der Waals surface area contributed by atoms with E-state index in [2.05, 4.69) is 29.1 Å². The molecule has 1 N–H and O–H groups in total.